The van der Waals surface area contributed by atoms with E-state index in [1.54, 1.807) is 0 Å². The summed E-state index contributed by atoms with van der Waals surface area (Å²) in [6.07, 6.45) is 0.356. The maximum Gasteiger partial charge on any atom is 0.338 e. The van der Waals surface area contributed by atoms with Crippen LogP contribution < -0.4 is 15.8 Å². The molecule has 2 rings (SSSR count). The van der Waals surface area contributed by atoms with Crippen LogP contribution in [-0.2, 0) is 24.2 Å². The summed E-state index contributed by atoms with van der Waals surface area (Å²) in [6, 6.07) is 5.31. The van der Waals surface area contributed by atoms with E-state index in [1.165, 1.54) is 24.3 Å². The van der Waals surface area contributed by atoms with E-state index in [2.05, 4.69) is 5.32 Å². The maximum atomic E-state index is 11.9. The number of carbonyl (C=O) groups excluding carboxylic acids is 3. The van der Waals surface area contributed by atoms with Gasteiger partial charge in [0.15, 0.2) is 23.1 Å². The summed E-state index contributed by atoms with van der Waals surface area (Å²) in [5.41, 5.74) is 5.15. The van der Waals surface area contributed by atoms with E-state index in [4.69, 9.17) is 15.2 Å². The van der Waals surface area contributed by atoms with E-state index in [1.807, 2.05) is 0 Å². The fourth-order valence-corrected chi connectivity index (χ4v) is 3.91. The number of carbonyl (C=O) groups is 3. The molecule has 0 aliphatic carbocycles. The van der Waals surface area contributed by atoms with Crippen LogP contribution in [0.3, 0.4) is 0 Å². The second kappa shape index (κ2) is 7.97. The lowest BCUT2D eigenvalue weighted by Crippen LogP contribution is -2.38. The molecular formula is C15H18N2O7S. The van der Waals surface area contributed by atoms with Crippen LogP contribution in [0.5, 0.6) is 5.75 Å². The van der Waals surface area contributed by atoms with Crippen molar-refractivity contribution in [2.75, 3.05) is 24.7 Å². The average Bonchev–Trinajstić information content (AvgIpc) is 2.89. The number of hydrogen-bond acceptors (Lipinski definition) is 7. The van der Waals surface area contributed by atoms with Crippen molar-refractivity contribution in [1.29, 1.82) is 0 Å². The molecular weight excluding hydrogens is 352 g/mol. The molecule has 1 saturated heterocycles. The quantitative estimate of drug-likeness (QED) is 0.587. The second-order valence-corrected chi connectivity index (χ2v) is 7.75. The summed E-state index contributed by atoms with van der Waals surface area (Å²) in [4.78, 5) is 34.2. The molecule has 1 aromatic carbocycles. The van der Waals surface area contributed by atoms with Crippen LogP contribution in [0.4, 0.5) is 0 Å². The molecule has 1 heterocycles. The van der Waals surface area contributed by atoms with Crippen molar-refractivity contribution in [1.82, 2.24) is 5.32 Å². The maximum absolute atomic E-state index is 11.9. The molecule has 25 heavy (non-hydrogen) atoms. The minimum absolute atomic E-state index is 0.0436. The van der Waals surface area contributed by atoms with Crippen molar-refractivity contribution in [3.8, 4) is 5.75 Å². The first-order valence-electron chi connectivity index (χ1n) is 7.43. The Balaban J connectivity index is 1.77. The van der Waals surface area contributed by atoms with Gasteiger partial charge in [-0.05, 0) is 30.7 Å². The molecule has 1 aliphatic heterocycles. The highest BCUT2D eigenvalue weighted by atomic mass is 32.2. The number of amides is 2. The number of nitrogens with one attached hydrogen (secondary N) is 1. The van der Waals surface area contributed by atoms with Gasteiger partial charge in [0, 0.05) is 6.04 Å². The predicted octanol–water partition coefficient (Wildman–Crippen LogP) is -0.989. The lowest BCUT2D eigenvalue weighted by Gasteiger charge is -2.11. The Bertz CT molecular complexity index is 759. The molecule has 136 valence electrons. The molecule has 3 N–H and O–H groups in total. The Morgan fingerprint density at radius 2 is 1.84 bits per heavy atom. The summed E-state index contributed by atoms with van der Waals surface area (Å²) < 4.78 is 32.6. The largest absolute Gasteiger partial charge is 0.484 e. The topological polar surface area (TPSA) is 142 Å². The molecule has 1 atom stereocenters. The molecule has 1 aliphatic rings. The minimum atomic E-state index is -3.09. The van der Waals surface area contributed by atoms with Gasteiger partial charge in [0.25, 0.3) is 11.8 Å². The summed E-state index contributed by atoms with van der Waals surface area (Å²) >= 11 is 0. The summed E-state index contributed by atoms with van der Waals surface area (Å²) in [6.45, 7) is -0.782. The van der Waals surface area contributed by atoms with Crippen LogP contribution in [0.15, 0.2) is 24.3 Å². The molecule has 0 saturated carbocycles. The Hall–Kier alpha value is -2.62. The first-order valence-corrected chi connectivity index (χ1v) is 9.25. The zero-order valence-electron chi connectivity index (χ0n) is 13.3. The van der Waals surface area contributed by atoms with Crippen molar-refractivity contribution in [3.05, 3.63) is 29.8 Å². The fourth-order valence-electron chi connectivity index (χ4n) is 2.23. The molecule has 0 bridgehead atoms. The number of sulfone groups is 1. The van der Waals surface area contributed by atoms with Crippen molar-refractivity contribution in [3.63, 3.8) is 0 Å². The highest BCUT2D eigenvalue weighted by Crippen LogP contribution is 2.13. The molecule has 0 aromatic heterocycles. The number of nitrogens with two attached hydrogens (primary N) is 1. The van der Waals surface area contributed by atoms with Crippen molar-refractivity contribution in [2.24, 2.45) is 5.73 Å². The van der Waals surface area contributed by atoms with Crippen molar-refractivity contribution in [2.45, 2.75) is 12.5 Å². The van der Waals surface area contributed by atoms with E-state index in [-0.39, 0.29) is 23.7 Å². The number of hydrogen-bond donors (Lipinski definition) is 2. The van der Waals surface area contributed by atoms with E-state index in [9.17, 15) is 22.8 Å². The van der Waals surface area contributed by atoms with Crippen LogP contribution in [-0.4, -0.2) is 57.0 Å². The van der Waals surface area contributed by atoms with Gasteiger partial charge in [0.1, 0.15) is 5.75 Å². The van der Waals surface area contributed by atoms with Gasteiger partial charge in [-0.1, -0.05) is 0 Å². The first kappa shape index (κ1) is 18.7. The normalized spacial score (nSPS) is 18.3. The van der Waals surface area contributed by atoms with Crippen LogP contribution >= 0.6 is 0 Å². The zero-order chi connectivity index (χ0) is 18.4. The lowest BCUT2D eigenvalue weighted by atomic mass is 10.2. The van der Waals surface area contributed by atoms with E-state index in [0.717, 1.165) is 0 Å². The molecule has 9 nitrogen and oxygen atoms in total. The third kappa shape index (κ3) is 6.07. The molecule has 10 heteroatoms. The lowest BCUT2D eigenvalue weighted by molar-refractivity contribution is -0.124. The fraction of sp³-hybridized carbons (Fsp3) is 0.400. The number of ether oxygens (including phenoxy) is 2. The Labute approximate surface area is 144 Å². The molecule has 2 amide bonds. The standard InChI is InChI=1S/C15H18N2O7S/c16-13(18)7-23-12-3-1-10(2-4-12)15(20)24-8-14(19)17-11-5-6-25(21,22)9-11/h1-4,11H,5-9H2,(H2,16,18)(H,17,19)/t11-/m0/s1. The van der Waals surface area contributed by atoms with Crippen LogP contribution in [0, 0.1) is 0 Å². The van der Waals surface area contributed by atoms with E-state index < -0.39 is 40.3 Å². The van der Waals surface area contributed by atoms with Crippen LogP contribution in [0.25, 0.3) is 0 Å². The monoisotopic (exact) mass is 370 g/mol. The molecule has 1 aromatic rings. The summed E-state index contributed by atoms with van der Waals surface area (Å²) in [5, 5.41) is 2.52. The van der Waals surface area contributed by atoms with Crippen molar-refractivity contribution >= 4 is 27.6 Å². The third-order valence-electron chi connectivity index (χ3n) is 3.40. The number of benzene rings is 1. The van der Waals surface area contributed by atoms with Gasteiger partial charge < -0.3 is 20.5 Å². The first-order chi connectivity index (χ1) is 11.7. The highest BCUT2D eigenvalue weighted by Gasteiger charge is 2.29. The van der Waals surface area contributed by atoms with Gasteiger partial charge >= 0.3 is 5.97 Å². The summed E-state index contributed by atoms with van der Waals surface area (Å²) in [5.74, 6) is -1.59. The van der Waals surface area contributed by atoms with Gasteiger partial charge in [-0.2, -0.15) is 0 Å². The third-order valence-corrected chi connectivity index (χ3v) is 5.17. The van der Waals surface area contributed by atoms with Gasteiger partial charge in [-0.25, -0.2) is 13.2 Å². The number of primary amides is 1. The molecule has 1 fully saturated rings. The smallest absolute Gasteiger partial charge is 0.338 e. The molecule has 0 spiro atoms. The van der Waals surface area contributed by atoms with E-state index >= 15 is 0 Å². The summed E-state index contributed by atoms with van der Waals surface area (Å²) in [7, 11) is -3.09. The average molecular weight is 370 g/mol. The Kier molecular flexibility index (Phi) is 5.97. The predicted molar refractivity (Wildman–Crippen MR) is 86.6 cm³/mol. The second-order valence-electron chi connectivity index (χ2n) is 5.52. The Morgan fingerprint density at radius 3 is 2.40 bits per heavy atom. The van der Waals surface area contributed by atoms with Gasteiger partial charge in [-0.3, -0.25) is 9.59 Å². The number of esters is 1. The molecule has 0 radical (unpaired) electrons. The van der Waals surface area contributed by atoms with Crippen LogP contribution in [0.2, 0.25) is 0 Å². The Morgan fingerprint density at radius 1 is 1.16 bits per heavy atom. The van der Waals surface area contributed by atoms with Crippen LogP contribution in [0.1, 0.15) is 16.8 Å². The minimum Gasteiger partial charge on any atom is -0.484 e. The highest BCUT2D eigenvalue weighted by molar-refractivity contribution is 7.91. The van der Waals surface area contributed by atoms with E-state index in [0.29, 0.717) is 12.2 Å². The van der Waals surface area contributed by atoms with Gasteiger partial charge in [0.05, 0.1) is 17.1 Å². The van der Waals surface area contributed by atoms with Crippen molar-refractivity contribution < 1.29 is 32.3 Å². The molecule has 0 unspecified atom stereocenters. The SMILES string of the molecule is NC(=O)COc1ccc(C(=O)OCC(=O)N[C@H]2CCS(=O)(=O)C2)cc1. The number of rotatable bonds is 7. The van der Waals surface area contributed by atoms with Gasteiger partial charge in [0.2, 0.25) is 0 Å². The van der Waals surface area contributed by atoms with Gasteiger partial charge in [-0.15, -0.1) is 0 Å². The zero-order valence-corrected chi connectivity index (χ0v) is 14.1.